The first-order valence-corrected chi connectivity index (χ1v) is 8.96. The average molecular weight is 371 g/mol. The van der Waals surface area contributed by atoms with Gasteiger partial charge in [0.15, 0.2) is 12.6 Å². The fourth-order valence-electron chi connectivity index (χ4n) is 3.19. The normalized spacial score (nSPS) is 15.6. The maximum Gasteiger partial charge on any atom is 0.255 e. The molecule has 0 unspecified atom stereocenters. The van der Waals surface area contributed by atoms with E-state index in [0.717, 1.165) is 43.3 Å². The second-order valence-corrected chi connectivity index (χ2v) is 6.44. The van der Waals surface area contributed by atoms with Crippen LogP contribution < -0.4 is 15.8 Å². The van der Waals surface area contributed by atoms with E-state index in [4.69, 9.17) is 10.5 Å². The highest BCUT2D eigenvalue weighted by Crippen LogP contribution is 2.25. The smallest absolute Gasteiger partial charge is 0.255 e. The zero-order chi connectivity index (χ0) is 19.1. The standard InChI is InChI=1S/C18H25N7O2/c1-20-18(25-7-5-14(6-8-25)17-22-12-23-24-17)21-10-13-3-2-4-15(9-13)27-11-16(19)26/h2-4,9,12,14H,5-8,10-11H2,1H3,(H2,19,26)(H,20,21)(H,22,23,24). The van der Waals surface area contributed by atoms with E-state index in [1.54, 1.807) is 19.4 Å². The third-order valence-corrected chi connectivity index (χ3v) is 4.56. The number of aromatic amines is 1. The highest BCUT2D eigenvalue weighted by Gasteiger charge is 2.24. The Morgan fingerprint density at radius 2 is 2.26 bits per heavy atom. The number of amides is 1. The molecule has 1 saturated heterocycles. The van der Waals surface area contributed by atoms with E-state index >= 15 is 0 Å². The highest BCUT2D eigenvalue weighted by atomic mass is 16.5. The monoisotopic (exact) mass is 371 g/mol. The number of primary amides is 1. The molecule has 9 heteroatoms. The van der Waals surface area contributed by atoms with Gasteiger partial charge in [-0.2, -0.15) is 5.10 Å². The average Bonchev–Trinajstić information content (AvgIpc) is 3.22. The molecule has 1 aromatic heterocycles. The van der Waals surface area contributed by atoms with Gasteiger partial charge in [-0.25, -0.2) is 4.98 Å². The Bertz CT molecular complexity index is 768. The lowest BCUT2D eigenvalue weighted by molar-refractivity contribution is -0.119. The number of carbonyl (C=O) groups is 1. The molecular weight excluding hydrogens is 346 g/mol. The van der Waals surface area contributed by atoms with Crippen LogP contribution in [0.15, 0.2) is 35.6 Å². The lowest BCUT2D eigenvalue weighted by Gasteiger charge is -2.33. The number of carbonyl (C=O) groups excluding carboxylic acids is 1. The van der Waals surface area contributed by atoms with E-state index in [0.29, 0.717) is 18.2 Å². The summed E-state index contributed by atoms with van der Waals surface area (Å²) in [7, 11) is 1.79. The van der Waals surface area contributed by atoms with Crippen molar-refractivity contribution in [3.8, 4) is 5.75 Å². The van der Waals surface area contributed by atoms with Crippen LogP contribution in [0.3, 0.4) is 0 Å². The summed E-state index contributed by atoms with van der Waals surface area (Å²) in [6.07, 6.45) is 3.57. The lowest BCUT2D eigenvalue weighted by atomic mass is 9.96. The Hall–Kier alpha value is -3.10. The predicted molar refractivity (Wildman–Crippen MR) is 101 cm³/mol. The number of nitrogens with zero attached hydrogens (tertiary/aromatic N) is 4. The van der Waals surface area contributed by atoms with Crippen LogP contribution in [0.25, 0.3) is 0 Å². The van der Waals surface area contributed by atoms with Gasteiger partial charge in [0, 0.05) is 32.6 Å². The topological polar surface area (TPSA) is 122 Å². The number of nitrogens with one attached hydrogen (secondary N) is 2. The van der Waals surface area contributed by atoms with Gasteiger partial charge >= 0.3 is 0 Å². The summed E-state index contributed by atoms with van der Waals surface area (Å²) in [6, 6.07) is 7.57. The molecule has 3 rings (SSSR count). The summed E-state index contributed by atoms with van der Waals surface area (Å²) in [5.74, 6) is 2.38. The molecule has 1 aromatic carbocycles. The van der Waals surface area contributed by atoms with E-state index in [1.165, 1.54) is 0 Å². The van der Waals surface area contributed by atoms with Crippen LogP contribution in [0.5, 0.6) is 5.75 Å². The van der Waals surface area contributed by atoms with Gasteiger partial charge in [0.25, 0.3) is 5.91 Å². The first-order chi connectivity index (χ1) is 13.2. The van der Waals surface area contributed by atoms with Crippen molar-refractivity contribution in [3.05, 3.63) is 42.0 Å². The number of hydrogen-bond acceptors (Lipinski definition) is 5. The van der Waals surface area contributed by atoms with E-state index < -0.39 is 5.91 Å². The molecule has 0 radical (unpaired) electrons. The molecule has 2 heterocycles. The molecule has 0 aliphatic carbocycles. The van der Waals surface area contributed by atoms with Crippen LogP contribution in [0, 0.1) is 0 Å². The minimum atomic E-state index is -0.493. The second kappa shape index (κ2) is 9.02. The molecule has 1 fully saturated rings. The number of hydrogen-bond donors (Lipinski definition) is 3. The van der Waals surface area contributed by atoms with Gasteiger partial charge in [0.2, 0.25) is 0 Å². The zero-order valence-electron chi connectivity index (χ0n) is 15.4. The van der Waals surface area contributed by atoms with Crippen LogP contribution >= 0.6 is 0 Å². The van der Waals surface area contributed by atoms with Crippen molar-refractivity contribution in [2.45, 2.75) is 25.3 Å². The summed E-state index contributed by atoms with van der Waals surface area (Å²) in [6.45, 7) is 2.31. The van der Waals surface area contributed by atoms with Crippen molar-refractivity contribution < 1.29 is 9.53 Å². The summed E-state index contributed by atoms with van der Waals surface area (Å²) >= 11 is 0. The van der Waals surface area contributed by atoms with E-state index in [9.17, 15) is 4.79 Å². The molecule has 0 spiro atoms. The van der Waals surface area contributed by atoms with Gasteiger partial charge in [0.1, 0.15) is 17.9 Å². The van der Waals surface area contributed by atoms with Crippen molar-refractivity contribution in [2.24, 2.45) is 10.7 Å². The molecule has 1 aliphatic rings. The Kier molecular flexibility index (Phi) is 6.24. The number of aromatic nitrogens is 3. The van der Waals surface area contributed by atoms with Crippen molar-refractivity contribution in [3.63, 3.8) is 0 Å². The number of H-pyrrole nitrogens is 1. The SMILES string of the molecule is CN=C(NCc1cccc(OCC(N)=O)c1)N1CCC(c2ncn[nH]2)CC1. The van der Waals surface area contributed by atoms with E-state index in [1.807, 2.05) is 18.2 Å². The van der Waals surface area contributed by atoms with Gasteiger partial charge in [-0.15, -0.1) is 0 Å². The molecule has 0 atom stereocenters. The van der Waals surface area contributed by atoms with Gasteiger partial charge in [-0.05, 0) is 30.5 Å². The Balaban J connectivity index is 1.51. The first kappa shape index (κ1) is 18.7. The maximum atomic E-state index is 10.8. The highest BCUT2D eigenvalue weighted by molar-refractivity contribution is 5.80. The number of nitrogens with two attached hydrogens (primary N) is 1. The largest absolute Gasteiger partial charge is 0.484 e. The Labute approximate surface area is 158 Å². The number of benzene rings is 1. The fraction of sp³-hybridized carbons (Fsp3) is 0.444. The second-order valence-electron chi connectivity index (χ2n) is 6.44. The number of guanidine groups is 1. The van der Waals surface area contributed by atoms with Crippen LogP contribution in [-0.4, -0.2) is 58.7 Å². The van der Waals surface area contributed by atoms with Gasteiger partial charge in [0.05, 0.1) is 0 Å². The van der Waals surface area contributed by atoms with Crippen molar-refractivity contribution in [2.75, 3.05) is 26.7 Å². The molecule has 1 aliphatic heterocycles. The quantitative estimate of drug-likeness (QED) is 0.506. The molecule has 1 amide bonds. The molecule has 144 valence electrons. The van der Waals surface area contributed by atoms with Crippen molar-refractivity contribution in [1.29, 1.82) is 0 Å². The summed E-state index contributed by atoms with van der Waals surface area (Å²) in [5.41, 5.74) is 6.15. The van der Waals surface area contributed by atoms with Gasteiger partial charge < -0.3 is 20.7 Å². The molecular formula is C18H25N7O2. The third kappa shape index (κ3) is 5.19. The lowest BCUT2D eigenvalue weighted by Crippen LogP contribution is -2.45. The van der Waals surface area contributed by atoms with E-state index in [-0.39, 0.29) is 6.61 Å². The van der Waals surface area contributed by atoms with Crippen LogP contribution in [-0.2, 0) is 11.3 Å². The maximum absolute atomic E-state index is 10.8. The number of ether oxygens (including phenoxy) is 1. The Morgan fingerprint density at radius 3 is 2.93 bits per heavy atom. The van der Waals surface area contributed by atoms with Crippen LogP contribution in [0.1, 0.15) is 30.1 Å². The summed E-state index contributed by atoms with van der Waals surface area (Å²) in [4.78, 5) is 21.8. The summed E-state index contributed by atoms with van der Waals surface area (Å²) in [5, 5.41) is 10.3. The molecule has 2 aromatic rings. The third-order valence-electron chi connectivity index (χ3n) is 4.56. The summed E-state index contributed by atoms with van der Waals surface area (Å²) < 4.78 is 5.35. The van der Waals surface area contributed by atoms with Gasteiger partial charge in [-0.3, -0.25) is 14.9 Å². The van der Waals surface area contributed by atoms with Crippen LogP contribution in [0.2, 0.25) is 0 Å². The minimum absolute atomic E-state index is 0.126. The fourth-order valence-corrected chi connectivity index (χ4v) is 3.19. The number of aliphatic imine (C=N–C) groups is 1. The molecule has 4 N–H and O–H groups in total. The van der Waals surface area contributed by atoms with Crippen LogP contribution in [0.4, 0.5) is 0 Å². The Morgan fingerprint density at radius 1 is 1.44 bits per heavy atom. The van der Waals surface area contributed by atoms with Crippen molar-refractivity contribution >= 4 is 11.9 Å². The molecule has 9 nitrogen and oxygen atoms in total. The molecule has 0 bridgehead atoms. The number of piperidine rings is 1. The number of likely N-dealkylation sites (tertiary alicyclic amines) is 1. The molecule has 0 saturated carbocycles. The predicted octanol–water partition coefficient (Wildman–Crippen LogP) is 0.624. The zero-order valence-corrected chi connectivity index (χ0v) is 15.4. The molecule has 27 heavy (non-hydrogen) atoms. The van der Waals surface area contributed by atoms with Gasteiger partial charge in [-0.1, -0.05) is 12.1 Å². The minimum Gasteiger partial charge on any atom is -0.484 e. The van der Waals surface area contributed by atoms with Crippen molar-refractivity contribution in [1.82, 2.24) is 25.4 Å². The van der Waals surface area contributed by atoms with E-state index in [2.05, 4.69) is 30.4 Å². The first-order valence-electron chi connectivity index (χ1n) is 8.96. The number of rotatable bonds is 6.